The lowest BCUT2D eigenvalue weighted by Crippen LogP contribution is -2.48. The number of carbonyl (C=O) groups excluding carboxylic acids is 4. The summed E-state index contributed by atoms with van der Waals surface area (Å²) in [4.78, 5) is 70.3. The molecule has 0 aliphatic carbocycles. The highest BCUT2D eigenvalue weighted by atomic mass is 16.5. The molecule has 3 N–H and O–H groups in total. The quantitative estimate of drug-likeness (QED) is 0.192. The molecular weight excluding hydrogens is 674 g/mol. The van der Waals surface area contributed by atoms with Gasteiger partial charge >= 0.3 is 6.09 Å². The van der Waals surface area contributed by atoms with Gasteiger partial charge in [-0.15, -0.1) is 0 Å². The Morgan fingerprint density at radius 1 is 0.849 bits per heavy atom. The first-order valence-corrected chi connectivity index (χ1v) is 18.7. The summed E-state index contributed by atoms with van der Waals surface area (Å²) in [5.74, 6) is 1.41. The number of ketones is 1. The highest BCUT2D eigenvalue weighted by molar-refractivity contribution is 5.86. The number of fused-ring (bicyclic) bond motifs is 4. The first-order chi connectivity index (χ1) is 25.8. The van der Waals surface area contributed by atoms with E-state index in [4.69, 9.17) is 14.5 Å². The van der Waals surface area contributed by atoms with Crippen LogP contribution in [-0.4, -0.2) is 86.3 Å². The Morgan fingerprint density at radius 3 is 2.28 bits per heavy atom. The van der Waals surface area contributed by atoms with Gasteiger partial charge in [0.25, 0.3) is 0 Å². The number of rotatable bonds is 8. The summed E-state index contributed by atoms with van der Waals surface area (Å²) >= 11 is 0. The van der Waals surface area contributed by atoms with E-state index in [2.05, 4.69) is 68.8 Å². The molecule has 3 atom stereocenters. The van der Waals surface area contributed by atoms with Crippen LogP contribution in [0.2, 0.25) is 0 Å². The van der Waals surface area contributed by atoms with Crippen molar-refractivity contribution >= 4 is 23.7 Å². The van der Waals surface area contributed by atoms with Gasteiger partial charge in [-0.3, -0.25) is 9.59 Å². The van der Waals surface area contributed by atoms with Gasteiger partial charge in [0.1, 0.15) is 23.5 Å². The minimum atomic E-state index is -0.666. The monoisotopic (exact) mass is 721 g/mol. The number of amides is 3. The van der Waals surface area contributed by atoms with Crippen LogP contribution >= 0.6 is 0 Å². The minimum absolute atomic E-state index is 0.000552. The maximum Gasteiger partial charge on any atom is 0.407 e. The topological polar surface area (TPSA) is 163 Å². The normalized spacial score (nSPS) is 20.6. The molecule has 7 rings (SSSR count). The Bertz CT molecular complexity index is 1930. The van der Waals surface area contributed by atoms with Crippen LogP contribution in [0, 0.1) is 0 Å². The highest BCUT2D eigenvalue weighted by Gasteiger charge is 2.37. The number of benzene rings is 2. The van der Waals surface area contributed by atoms with E-state index in [1.807, 2.05) is 16.0 Å². The van der Waals surface area contributed by atoms with Gasteiger partial charge in [-0.25, -0.2) is 14.8 Å². The molecule has 4 aromatic rings. The van der Waals surface area contributed by atoms with Crippen LogP contribution in [0.25, 0.3) is 33.6 Å². The van der Waals surface area contributed by atoms with E-state index >= 15 is 0 Å². The molecule has 2 saturated heterocycles. The summed E-state index contributed by atoms with van der Waals surface area (Å²) in [5.41, 5.74) is 6.64. The second-order valence-electron chi connectivity index (χ2n) is 14.2. The average molecular weight is 722 g/mol. The molecule has 0 spiro atoms. The second kappa shape index (κ2) is 16.2. The lowest BCUT2D eigenvalue weighted by Gasteiger charge is -2.28. The molecule has 0 unspecified atom stereocenters. The van der Waals surface area contributed by atoms with Gasteiger partial charge in [0.05, 0.1) is 49.1 Å². The molecule has 2 bridgehead atoms. The van der Waals surface area contributed by atoms with Crippen LogP contribution in [0.3, 0.4) is 0 Å². The maximum absolute atomic E-state index is 13.7. The molecule has 2 aromatic carbocycles. The van der Waals surface area contributed by atoms with Crippen molar-refractivity contribution in [3.05, 3.63) is 72.1 Å². The summed E-state index contributed by atoms with van der Waals surface area (Å²) in [5, 5.41) is 2.74. The van der Waals surface area contributed by atoms with Crippen LogP contribution < -0.4 is 5.32 Å². The fourth-order valence-corrected chi connectivity index (χ4v) is 7.72. The number of hydrogen-bond acceptors (Lipinski definition) is 8. The molecule has 0 saturated carbocycles. The maximum atomic E-state index is 13.7. The van der Waals surface area contributed by atoms with Gasteiger partial charge in [-0.2, -0.15) is 0 Å². The Hall–Kier alpha value is -5.30. The number of aromatic nitrogens is 4. The summed E-state index contributed by atoms with van der Waals surface area (Å²) in [6.07, 6.45) is 7.09. The van der Waals surface area contributed by atoms with Crippen molar-refractivity contribution in [2.45, 2.75) is 89.4 Å². The van der Waals surface area contributed by atoms with Crippen LogP contribution in [0.15, 0.2) is 54.7 Å². The number of nitrogens with one attached hydrogen (secondary N) is 3. The summed E-state index contributed by atoms with van der Waals surface area (Å²) < 4.78 is 10.9. The van der Waals surface area contributed by atoms with Crippen molar-refractivity contribution in [1.82, 2.24) is 35.1 Å². The van der Waals surface area contributed by atoms with Crippen LogP contribution in [0.1, 0.15) is 94.1 Å². The largest absolute Gasteiger partial charge is 0.453 e. The van der Waals surface area contributed by atoms with E-state index in [1.165, 1.54) is 14.0 Å². The van der Waals surface area contributed by atoms with E-state index in [-0.39, 0.29) is 42.5 Å². The predicted molar refractivity (Wildman–Crippen MR) is 197 cm³/mol. The summed E-state index contributed by atoms with van der Waals surface area (Å²) in [7, 11) is 1.30. The van der Waals surface area contributed by atoms with Crippen LogP contribution in [-0.2, 0) is 30.5 Å². The number of alkyl carbamates (subject to hydrolysis) is 1. The molecule has 53 heavy (non-hydrogen) atoms. The summed E-state index contributed by atoms with van der Waals surface area (Å²) in [6.45, 7) is 3.69. The van der Waals surface area contributed by atoms with E-state index in [0.29, 0.717) is 32.7 Å². The number of methoxy groups -OCH3 is 1. The number of aromatic amines is 2. The van der Waals surface area contributed by atoms with Gasteiger partial charge in [-0.05, 0) is 68.6 Å². The van der Waals surface area contributed by atoms with Gasteiger partial charge in [-0.1, -0.05) is 48.5 Å². The predicted octanol–water partition coefficient (Wildman–Crippen LogP) is 6.26. The van der Waals surface area contributed by atoms with Gasteiger partial charge < -0.3 is 39.4 Å². The van der Waals surface area contributed by atoms with Crippen molar-refractivity contribution < 1.29 is 28.7 Å². The van der Waals surface area contributed by atoms with Crippen molar-refractivity contribution in [2.75, 3.05) is 26.8 Å². The molecule has 13 nitrogen and oxygen atoms in total. The Morgan fingerprint density at radius 2 is 1.55 bits per heavy atom. The van der Waals surface area contributed by atoms with E-state index in [9.17, 15) is 19.2 Å². The Kier molecular flexibility index (Phi) is 11.0. The number of imidazole rings is 2. The standard InChI is InChI=1S/C40H47N7O6/c1-25(48)10-19-35(49)46-20-5-8-33(46)37-41-23-31(42-37)28-15-11-26(12-16-28)27-13-17-29(18-14-27)36-32-24-53-22-4-3-7-30(44-40(51)52-2)39(50)47-21-6-9-34(47)38(43-32)45-36/h11-18,23,30,33-34H,3-10,19-22,24H2,1-2H3,(H,41,42)(H,43,45)(H,44,51)/t30-,33-,34-/m0/s1. The van der Waals surface area contributed by atoms with E-state index in [0.717, 1.165) is 89.5 Å². The number of nitrogens with zero attached hydrogens (tertiary/aromatic N) is 4. The smallest absolute Gasteiger partial charge is 0.407 e. The molecule has 0 radical (unpaired) electrons. The van der Waals surface area contributed by atoms with Crippen molar-refractivity contribution in [2.24, 2.45) is 0 Å². The molecule has 5 heterocycles. The van der Waals surface area contributed by atoms with E-state index in [1.54, 1.807) is 0 Å². The minimum Gasteiger partial charge on any atom is -0.453 e. The lowest BCUT2D eigenvalue weighted by atomic mass is 10.0. The molecule has 2 aromatic heterocycles. The molecule has 13 heteroatoms. The average Bonchev–Trinajstić information content (AvgIpc) is 4.01. The fraction of sp³-hybridized carbons (Fsp3) is 0.450. The molecular formula is C40H47N7O6. The third-order valence-electron chi connectivity index (χ3n) is 10.6. The molecule has 3 amide bonds. The number of hydrogen-bond donors (Lipinski definition) is 3. The SMILES string of the molecule is COC(=O)N[C@H]1CCCCOCc2[nH]c(nc2-c2ccc(-c3ccc(-c4cnc([C@@H]5CCCN5C(=O)CCC(C)=O)[nH]4)cc3)cc2)[C@@H]2CCCN2C1=O. The third-order valence-corrected chi connectivity index (χ3v) is 10.6. The summed E-state index contributed by atoms with van der Waals surface area (Å²) in [6, 6.07) is 15.6. The van der Waals surface area contributed by atoms with Crippen molar-refractivity contribution in [3.8, 4) is 33.6 Å². The number of H-pyrrole nitrogens is 2. The number of ether oxygens (including phenoxy) is 2. The number of likely N-dealkylation sites (tertiary alicyclic amines) is 1. The second-order valence-corrected chi connectivity index (χ2v) is 14.2. The van der Waals surface area contributed by atoms with Gasteiger partial charge in [0, 0.05) is 38.1 Å². The molecule has 3 aliphatic rings. The highest BCUT2D eigenvalue weighted by Crippen LogP contribution is 2.36. The molecule has 2 fully saturated rings. The zero-order valence-electron chi connectivity index (χ0n) is 30.4. The number of carbonyl (C=O) groups is 4. The van der Waals surface area contributed by atoms with Crippen molar-refractivity contribution in [3.63, 3.8) is 0 Å². The van der Waals surface area contributed by atoms with Crippen molar-refractivity contribution in [1.29, 1.82) is 0 Å². The Labute approximate surface area is 308 Å². The molecule has 3 aliphatic heterocycles. The van der Waals surface area contributed by atoms with Crippen LogP contribution in [0.4, 0.5) is 4.79 Å². The zero-order valence-corrected chi connectivity index (χ0v) is 30.4. The van der Waals surface area contributed by atoms with E-state index < -0.39 is 12.1 Å². The van der Waals surface area contributed by atoms with Gasteiger partial charge in [0.2, 0.25) is 11.8 Å². The third kappa shape index (κ3) is 8.04. The first kappa shape index (κ1) is 36.1. The molecule has 278 valence electrons. The number of Topliss-reactive ketones (excluding diaryl/α,β-unsaturated/α-hetero) is 1. The Balaban J connectivity index is 1.06. The lowest BCUT2D eigenvalue weighted by molar-refractivity contribution is -0.134. The fourth-order valence-electron chi connectivity index (χ4n) is 7.72. The van der Waals surface area contributed by atoms with Gasteiger partial charge in [0.15, 0.2) is 0 Å². The van der Waals surface area contributed by atoms with Crippen LogP contribution in [0.5, 0.6) is 0 Å². The first-order valence-electron chi connectivity index (χ1n) is 18.7. The zero-order chi connectivity index (χ0) is 36.9.